The minimum Gasteiger partial charge on any atom is -0.338 e. The number of carbonyl (C=O) groups excluding carboxylic acids is 1. The molecule has 0 unspecified atom stereocenters. The summed E-state index contributed by atoms with van der Waals surface area (Å²) in [6, 6.07) is 2.21. The molecule has 3 heterocycles. The van der Waals surface area contributed by atoms with Gasteiger partial charge in [0.2, 0.25) is 0 Å². The average molecular weight is 326 g/mol. The van der Waals surface area contributed by atoms with Crippen LogP contribution in [0.1, 0.15) is 62.4 Å². The third-order valence-corrected chi connectivity index (χ3v) is 5.75. The van der Waals surface area contributed by atoms with E-state index < -0.39 is 0 Å². The molecule has 0 bridgehead atoms. The highest BCUT2D eigenvalue weighted by Gasteiger charge is 2.33. The summed E-state index contributed by atoms with van der Waals surface area (Å²) in [6.07, 6.45) is 10.0. The number of rotatable bonds is 2. The third kappa shape index (κ3) is 2.70. The van der Waals surface area contributed by atoms with Gasteiger partial charge in [-0.05, 0) is 44.6 Å². The molecule has 1 amide bonds. The normalized spacial score (nSPS) is 24.4. The van der Waals surface area contributed by atoms with E-state index in [0.29, 0.717) is 11.5 Å². The maximum atomic E-state index is 12.9. The molecular weight excluding hydrogens is 300 g/mol. The first kappa shape index (κ1) is 15.6. The highest BCUT2D eigenvalue weighted by Crippen LogP contribution is 2.36. The number of fused-ring (bicyclic) bond motifs is 2. The van der Waals surface area contributed by atoms with Crippen LogP contribution in [-0.2, 0) is 0 Å². The Kier molecular flexibility index (Phi) is 4.02. The van der Waals surface area contributed by atoms with Crippen LogP contribution in [0.15, 0.2) is 18.5 Å². The van der Waals surface area contributed by atoms with Crippen LogP contribution in [0.2, 0.25) is 0 Å². The van der Waals surface area contributed by atoms with E-state index in [1.165, 1.54) is 25.7 Å². The fourth-order valence-corrected chi connectivity index (χ4v) is 4.40. The summed E-state index contributed by atoms with van der Waals surface area (Å²) in [5, 5.41) is 5.34. The van der Waals surface area contributed by atoms with Gasteiger partial charge < -0.3 is 4.90 Å². The summed E-state index contributed by atoms with van der Waals surface area (Å²) in [4.78, 5) is 19.5. The smallest absolute Gasteiger partial charge is 0.255 e. The van der Waals surface area contributed by atoms with Gasteiger partial charge in [0.25, 0.3) is 5.91 Å². The fraction of sp³-hybridized carbons (Fsp3) is 0.632. The molecule has 2 fully saturated rings. The van der Waals surface area contributed by atoms with Crippen molar-refractivity contribution in [3.05, 3.63) is 24.0 Å². The van der Waals surface area contributed by atoms with Gasteiger partial charge in [-0.1, -0.05) is 19.3 Å². The van der Waals surface area contributed by atoms with Crippen molar-refractivity contribution in [2.24, 2.45) is 11.8 Å². The van der Waals surface area contributed by atoms with Crippen LogP contribution >= 0.6 is 0 Å². The molecule has 1 saturated heterocycles. The van der Waals surface area contributed by atoms with Crippen molar-refractivity contribution >= 4 is 16.9 Å². The van der Waals surface area contributed by atoms with Crippen molar-refractivity contribution in [1.82, 2.24) is 19.7 Å². The summed E-state index contributed by atoms with van der Waals surface area (Å²) < 4.78 is 1.90. The number of carbonyl (C=O) groups is 1. The van der Waals surface area contributed by atoms with Gasteiger partial charge in [0.15, 0.2) is 5.65 Å². The lowest BCUT2D eigenvalue weighted by Crippen LogP contribution is -2.44. The molecule has 1 aliphatic carbocycles. The topological polar surface area (TPSA) is 51.0 Å². The number of piperidine rings is 1. The monoisotopic (exact) mass is 326 g/mol. The molecule has 24 heavy (non-hydrogen) atoms. The summed E-state index contributed by atoms with van der Waals surface area (Å²) in [6.45, 7) is 5.99. The number of hydrogen-bond donors (Lipinski definition) is 0. The largest absolute Gasteiger partial charge is 0.338 e. The maximum Gasteiger partial charge on any atom is 0.255 e. The zero-order valence-corrected chi connectivity index (χ0v) is 14.6. The fourth-order valence-electron chi connectivity index (χ4n) is 4.40. The Bertz CT molecular complexity index is 751. The predicted molar refractivity (Wildman–Crippen MR) is 93.9 cm³/mol. The van der Waals surface area contributed by atoms with Gasteiger partial charge >= 0.3 is 0 Å². The Hall–Kier alpha value is -1.91. The van der Waals surface area contributed by atoms with E-state index in [2.05, 4.69) is 23.9 Å². The van der Waals surface area contributed by atoms with Crippen LogP contribution in [-0.4, -0.2) is 38.7 Å². The number of pyridine rings is 1. The van der Waals surface area contributed by atoms with Crippen LogP contribution in [0, 0.1) is 11.8 Å². The van der Waals surface area contributed by atoms with E-state index >= 15 is 0 Å². The van der Waals surface area contributed by atoms with Crippen LogP contribution in [0.5, 0.6) is 0 Å². The molecule has 2 atom stereocenters. The molecule has 2 aliphatic rings. The van der Waals surface area contributed by atoms with Crippen molar-refractivity contribution in [3.8, 4) is 0 Å². The van der Waals surface area contributed by atoms with E-state index in [9.17, 15) is 4.79 Å². The van der Waals surface area contributed by atoms with Crippen LogP contribution in [0.3, 0.4) is 0 Å². The molecule has 0 spiro atoms. The Balaban J connectivity index is 1.55. The van der Waals surface area contributed by atoms with Crippen molar-refractivity contribution in [1.29, 1.82) is 0 Å². The number of amides is 1. The van der Waals surface area contributed by atoms with Crippen molar-refractivity contribution < 1.29 is 4.79 Å². The van der Waals surface area contributed by atoms with E-state index in [4.69, 9.17) is 0 Å². The zero-order valence-electron chi connectivity index (χ0n) is 14.6. The number of hydrogen-bond acceptors (Lipinski definition) is 3. The maximum absolute atomic E-state index is 12.9. The molecule has 0 aromatic carbocycles. The minimum absolute atomic E-state index is 0.130. The van der Waals surface area contributed by atoms with E-state index in [1.54, 1.807) is 6.20 Å². The van der Waals surface area contributed by atoms with Gasteiger partial charge in [0.05, 0.1) is 11.8 Å². The summed E-state index contributed by atoms with van der Waals surface area (Å²) in [5.74, 6) is 1.68. The number of nitrogens with zero attached hydrogens (tertiary/aromatic N) is 4. The number of aromatic nitrogens is 3. The molecule has 1 saturated carbocycles. The Morgan fingerprint density at radius 2 is 1.96 bits per heavy atom. The Morgan fingerprint density at radius 3 is 2.75 bits per heavy atom. The van der Waals surface area contributed by atoms with Crippen molar-refractivity contribution in [2.45, 2.75) is 52.0 Å². The first-order valence-corrected chi connectivity index (χ1v) is 9.26. The van der Waals surface area contributed by atoms with Gasteiger partial charge in [0, 0.05) is 30.7 Å². The molecule has 2 aromatic heterocycles. The lowest BCUT2D eigenvalue weighted by Gasteiger charge is -2.41. The first-order chi connectivity index (χ1) is 11.6. The minimum atomic E-state index is 0.130. The third-order valence-electron chi connectivity index (χ3n) is 5.75. The summed E-state index contributed by atoms with van der Waals surface area (Å²) >= 11 is 0. The molecule has 0 radical (unpaired) electrons. The van der Waals surface area contributed by atoms with E-state index in [0.717, 1.165) is 36.5 Å². The second-order valence-corrected chi connectivity index (χ2v) is 7.66. The molecule has 5 nitrogen and oxygen atoms in total. The van der Waals surface area contributed by atoms with E-state index in [-0.39, 0.29) is 11.9 Å². The van der Waals surface area contributed by atoms with Gasteiger partial charge in [-0.2, -0.15) is 5.10 Å². The quantitative estimate of drug-likeness (QED) is 0.846. The van der Waals surface area contributed by atoms with Gasteiger partial charge in [-0.25, -0.2) is 9.67 Å². The summed E-state index contributed by atoms with van der Waals surface area (Å²) in [7, 11) is 0. The second-order valence-electron chi connectivity index (χ2n) is 7.66. The SMILES string of the molecule is CC(C)n1ncc2cc(C(=O)N3CC[C@@H]4CCCC[C@H]4C3)cnc21. The van der Waals surface area contributed by atoms with Crippen molar-refractivity contribution in [3.63, 3.8) is 0 Å². The molecule has 1 aliphatic heterocycles. The highest BCUT2D eigenvalue weighted by atomic mass is 16.2. The molecule has 4 rings (SSSR count). The van der Waals surface area contributed by atoms with Crippen LogP contribution < -0.4 is 0 Å². The second kappa shape index (κ2) is 6.19. The molecule has 2 aromatic rings. The van der Waals surface area contributed by atoms with Crippen molar-refractivity contribution in [2.75, 3.05) is 13.1 Å². The first-order valence-electron chi connectivity index (χ1n) is 9.26. The highest BCUT2D eigenvalue weighted by molar-refractivity contribution is 5.96. The van der Waals surface area contributed by atoms with Crippen LogP contribution in [0.25, 0.3) is 11.0 Å². The molecule has 128 valence electrons. The Morgan fingerprint density at radius 1 is 1.17 bits per heavy atom. The summed E-state index contributed by atoms with van der Waals surface area (Å²) in [5.41, 5.74) is 1.55. The standard InChI is InChI=1S/C19H26N4O/c1-13(2)23-18-16(11-21-23)9-17(10-20-18)19(24)22-8-7-14-5-3-4-6-15(14)12-22/h9-11,13-15H,3-8,12H2,1-2H3/t14-,15-/m0/s1. The zero-order chi connectivity index (χ0) is 16.7. The molecular formula is C19H26N4O. The number of likely N-dealkylation sites (tertiary alicyclic amines) is 1. The molecule has 5 heteroatoms. The van der Waals surface area contributed by atoms with Gasteiger partial charge in [0.1, 0.15) is 0 Å². The lowest BCUT2D eigenvalue weighted by atomic mass is 9.75. The van der Waals surface area contributed by atoms with Crippen LogP contribution in [0.4, 0.5) is 0 Å². The van der Waals surface area contributed by atoms with E-state index in [1.807, 2.05) is 21.8 Å². The van der Waals surface area contributed by atoms with Gasteiger partial charge in [-0.15, -0.1) is 0 Å². The predicted octanol–water partition coefficient (Wildman–Crippen LogP) is 3.66. The average Bonchev–Trinajstić information content (AvgIpc) is 3.04. The van der Waals surface area contributed by atoms with Gasteiger partial charge in [-0.3, -0.25) is 4.79 Å². The molecule has 0 N–H and O–H groups in total. The lowest BCUT2D eigenvalue weighted by molar-refractivity contribution is 0.0520. The Labute approximate surface area is 143 Å².